The second-order valence-corrected chi connectivity index (χ2v) is 5.30. The minimum absolute atomic E-state index is 0.338. The lowest BCUT2D eigenvalue weighted by molar-refractivity contribution is 0.771. The summed E-state index contributed by atoms with van der Waals surface area (Å²) >= 11 is 3.46. The van der Waals surface area contributed by atoms with Gasteiger partial charge in [0.05, 0.1) is 21.6 Å². The number of aryl methyl sites for hydroxylation is 2. The number of aromatic nitrogens is 5. The summed E-state index contributed by atoms with van der Waals surface area (Å²) in [4.78, 5) is 4.40. The normalized spacial score (nSPS) is 10.6. The molecule has 3 heterocycles. The zero-order chi connectivity index (χ0) is 15.0. The molecule has 0 unspecified atom stereocenters. The van der Waals surface area contributed by atoms with E-state index in [1.807, 2.05) is 32.3 Å². The minimum Gasteiger partial charge on any atom is -0.268 e. The molecule has 21 heavy (non-hydrogen) atoms. The fourth-order valence-corrected chi connectivity index (χ4v) is 2.68. The maximum absolute atomic E-state index is 9.31. The van der Waals surface area contributed by atoms with Crippen LogP contribution in [-0.2, 0) is 14.1 Å². The van der Waals surface area contributed by atoms with Crippen LogP contribution in [-0.4, -0.2) is 24.5 Å². The summed E-state index contributed by atoms with van der Waals surface area (Å²) in [7, 11) is 3.70. The van der Waals surface area contributed by atoms with Gasteiger partial charge in [0.1, 0.15) is 6.07 Å². The lowest BCUT2D eigenvalue weighted by Gasteiger charge is -2.09. The van der Waals surface area contributed by atoms with Crippen molar-refractivity contribution in [1.82, 2.24) is 24.5 Å². The van der Waals surface area contributed by atoms with Crippen LogP contribution in [0.3, 0.4) is 0 Å². The number of hydrogen-bond acceptors (Lipinski definition) is 4. The van der Waals surface area contributed by atoms with Crippen LogP contribution in [0.15, 0.2) is 35.1 Å². The first kappa shape index (κ1) is 13.5. The molecule has 0 aromatic carbocycles. The second-order valence-electron chi connectivity index (χ2n) is 4.51. The second kappa shape index (κ2) is 5.14. The van der Waals surface area contributed by atoms with Gasteiger partial charge in [0.15, 0.2) is 5.69 Å². The highest BCUT2D eigenvalue weighted by Crippen LogP contribution is 2.33. The molecular weight excluding hydrogens is 332 g/mol. The van der Waals surface area contributed by atoms with Crippen molar-refractivity contribution in [1.29, 1.82) is 5.26 Å². The fourth-order valence-electron chi connectivity index (χ4n) is 2.18. The molecule has 3 aromatic heterocycles. The van der Waals surface area contributed by atoms with Gasteiger partial charge in [0, 0.05) is 32.1 Å². The molecule has 3 aromatic rings. The van der Waals surface area contributed by atoms with Crippen LogP contribution < -0.4 is 0 Å². The van der Waals surface area contributed by atoms with E-state index in [2.05, 4.69) is 37.2 Å². The van der Waals surface area contributed by atoms with Gasteiger partial charge in [-0.25, -0.2) is 4.98 Å². The van der Waals surface area contributed by atoms with E-state index < -0.39 is 0 Å². The van der Waals surface area contributed by atoms with Crippen molar-refractivity contribution in [2.75, 3.05) is 0 Å². The Kier molecular flexibility index (Phi) is 3.31. The van der Waals surface area contributed by atoms with Gasteiger partial charge in [0.25, 0.3) is 0 Å². The Labute approximate surface area is 129 Å². The maximum atomic E-state index is 9.31. The molecule has 0 amide bonds. The molecule has 0 aliphatic heterocycles. The molecule has 0 radical (unpaired) electrons. The molecule has 0 aliphatic carbocycles. The van der Waals surface area contributed by atoms with Crippen LogP contribution in [0, 0.1) is 11.3 Å². The van der Waals surface area contributed by atoms with E-state index in [1.54, 1.807) is 21.8 Å². The van der Waals surface area contributed by atoms with E-state index in [1.165, 1.54) is 0 Å². The van der Waals surface area contributed by atoms with Gasteiger partial charge >= 0.3 is 0 Å². The maximum Gasteiger partial charge on any atom is 0.156 e. The highest BCUT2D eigenvalue weighted by molar-refractivity contribution is 9.10. The lowest BCUT2D eigenvalue weighted by Crippen LogP contribution is -2.00. The first-order valence-electron chi connectivity index (χ1n) is 6.19. The number of nitrogens with zero attached hydrogens (tertiary/aromatic N) is 6. The van der Waals surface area contributed by atoms with Gasteiger partial charge in [-0.15, -0.1) is 0 Å². The zero-order valence-corrected chi connectivity index (χ0v) is 13.0. The van der Waals surface area contributed by atoms with Gasteiger partial charge in [-0.1, -0.05) is 0 Å². The predicted molar refractivity (Wildman–Crippen MR) is 81.1 cm³/mol. The van der Waals surface area contributed by atoms with Crippen LogP contribution in [0.1, 0.15) is 5.69 Å². The first-order chi connectivity index (χ1) is 10.1. The third-order valence-electron chi connectivity index (χ3n) is 3.24. The number of hydrogen-bond donors (Lipinski definition) is 0. The monoisotopic (exact) mass is 342 g/mol. The molecule has 0 saturated carbocycles. The third-order valence-corrected chi connectivity index (χ3v) is 4.05. The van der Waals surface area contributed by atoms with E-state index in [4.69, 9.17) is 0 Å². The van der Waals surface area contributed by atoms with E-state index in [0.717, 1.165) is 17.0 Å². The first-order valence-corrected chi connectivity index (χ1v) is 6.98. The van der Waals surface area contributed by atoms with Gasteiger partial charge < -0.3 is 0 Å². The molecule has 0 saturated heterocycles. The zero-order valence-electron chi connectivity index (χ0n) is 11.4. The van der Waals surface area contributed by atoms with Crippen LogP contribution in [0.2, 0.25) is 0 Å². The number of pyridine rings is 1. The van der Waals surface area contributed by atoms with Crippen molar-refractivity contribution in [2.45, 2.75) is 0 Å². The molecular formula is C14H11BrN6. The minimum atomic E-state index is 0.338. The summed E-state index contributed by atoms with van der Waals surface area (Å²) in [6, 6.07) is 7.81. The van der Waals surface area contributed by atoms with Gasteiger partial charge in [0.2, 0.25) is 0 Å². The quantitative estimate of drug-likeness (QED) is 0.717. The van der Waals surface area contributed by atoms with Gasteiger partial charge in [-0.05, 0) is 34.1 Å². The van der Waals surface area contributed by atoms with Crippen LogP contribution >= 0.6 is 15.9 Å². The van der Waals surface area contributed by atoms with Crippen LogP contribution in [0.25, 0.3) is 22.6 Å². The Bertz CT molecular complexity index is 855. The Morgan fingerprint density at radius 1 is 1.10 bits per heavy atom. The molecule has 104 valence electrons. The summed E-state index contributed by atoms with van der Waals surface area (Å²) in [6.45, 7) is 0. The molecule has 0 bridgehead atoms. The van der Waals surface area contributed by atoms with Crippen molar-refractivity contribution >= 4 is 15.9 Å². The molecule has 0 atom stereocenters. The SMILES string of the molecule is Cn1nccc1-c1cc(-c2ccnn2C)c(Br)c(C#N)n1. The van der Waals surface area contributed by atoms with E-state index in [9.17, 15) is 5.26 Å². The van der Waals surface area contributed by atoms with Crippen molar-refractivity contribution in [3.8, 4) is 28.7 Å². The Hall–Kier alpha value is -2.46. The predicted octanol–water partition coefficient (Wildman–Crippen LogP) is 2.52. The Morgan fingerprint density at radius 3 is 2.24 bits per heavy atom. The molecule has 0 spiro atoms. The third kappa shape index (κ3) is 2.23. The largest absolute Gasteiger partial charge is 0.268 e. The van der Waals surface area contributed by atoms with Crippen molar-refractivity contribution in [2.24, 2.45) is 14.1 Å². The van der Waals surface area contributed by atoms with E-state index in [-0.39, 0.29) is 0 Å². The molecule has 0 aliphatic rings. The van der Waals surface area contributed by atoms with Crippen molar-refractivity contribution in [3.05, 3.63) is 40.8 Å². The van der Waals surface area contributed by atoms with Gasteiger partial charge in [-0.3, -0.25) is 9.36 Å². The topological polar surface area (TPSA) is 72.3 Å². The smallest absolute Gasteiger partial charge is 0.156 e. The van der Waals surface area contributed by atoms with Crippen molar-refractivity contribution in [3.63, 3.8) is 0 Å². The summed E-state index contributed by atoms with van der Waals surface area (Å²) < 4.78 is 4.15. The average molecular weight is 343 g/mol. The molecule has 7 heteroatoms. The summed E-state index contributed by atoms with van der Waals surface area (Å²) in [5.41, 5.74) is 3.67. The Balaban J connectivity index is 2.29. The molecule has 3 rings (SSSR count). The molecule has 0 fully saturated rings. The average Bonchev–Trinajstić information content (AvgIpc) is 3.08. The van der Waals surface area contributed by atoms with Crippen LogP contribution in [0.5, 0.6) is 0 Å². The highest BCUT2D eigenvalue weighted by atomic mass is 79.9. The lowest BCUT2D eigenvalue weighted by atomic mass is 10.1. The Morgan fingerprint density at radius 2 is 1.71 bits per heavy atom. The summed E-state index contributed by atoms with van der Waals surface area (Å²) in [5, 5.41) is 17.6. The summed E-state index contributed by atoms with van der Waals surface area (Å²) in [6.07, 6.45) is 3.42. The molecule has 6 nitrogen and oxygen atoms in total. The number of nitriles is 1. The summed E-state index contributed by atoms with van der Waals surface area (Å²) in [5.74, 6) is 0. The van der Waals surface area contributed by atoms with E-state index >= 15 is 0 Å². The van der Waals surface area contributed by atoms with Crippen LogP contribution in [0.4, 0.5) is 0 Å². The molecule has 0 N–H and O–H groups in total. The number of halogens is 1. The number of rotatable bonds is 2. The van der Waals surface area contributed by atoms with Gasteiger partial charge in [-0.2, -0.15) is 15.5 Å². The standard InChI is InChI=1S/C14H11BrN6/c1-20-12(3-5-17-20)9-7-10(13-4-6-18-21(13)2)19-11(8-16)14(9)15/h3-7H,1-2H3. The van der Waals surface area contributed by atoms with Crippen molar-refractivity contribution < 1.29 is 0 Å². The van der Waals surface area contributed by atoms with E-state index in [0.29, 0.717) is 15.9 Å². The fraction of sp³-hybridized carbons (Fsp3) is 0.143. The highest BCUT2D eigenvalue weighted by Gasteiger charge is 2.16.